The van der Waals surface area contributed by atoms with Crippen LogP contribution < -0.4 is 4.74 Å². The summed E-state index contributed by atoms with van der Waals surface area (Å²) in [5.74, 6) is 0.265. The fraction of sp³-hybridized carbons (Fsp3) is 0.571. The van der Waals surface area contributed by atoms with Crippen molar-refractivity contribution in [2.75, 3.05) is 26.8 Å². The molecule has 0 unspecified atom stereocenters. The molecule has 0 bridgehead atoms. The molecule has 0 saturated heterocycles. The lowest BCUT2D eigenvalue weighted by Gasteiger charge is -2.21. The molecule has 0 aliphatic carbocycles. The van der Waals surface area contributed by atoms with E-state index in [0.717, 1.165) is 24.9 Å². The Labute approximate surface area is 119 Å². The maximum Gasteiger partial charge on any atom is 0.311 e. The third kappa shape index (κ3) is 4.79. The third-order valence-electron chi connectivity index (χ3n) is 3.09. The van der Waals surface area contributed by atoms with E-state index in [9.17, 15) is 10.1 Å². The van der Waals surface area contributed by atoms with Crippen molar-refractivity contribution in [3.63, 3.8) is 0 Å². The fourth-order valence-corrected chi connectivity index (χ4v) is 2.03. The summed E-state index contributed by atoms with van der Waals surface area (Å²) in [6, 6.07) is 4.97. The number of nitro benzene ring substituents is 1. The Bertz CT molecular complexity index is 437. The van der Waals surface area contributed by atoms with Crippen LogP contribution in [0, 0.1) is 10.1 Å². The fourth-order valence-electron chi connectivity index (χ4n) is 2.03. The van der Waals surface area contributed by atoms with Crippen molar-refractivity contribution in [1.82, 2.24) is 4.90 Å². The Morgan fingerprint density at radius 3 is 2.70 bits per heavy atom. The van der Waals surface area contributed by atoms with E-state index in [0.29, 0.717) is 13.1 Å². The first-order valence-corrected chi connectivity index (χ1v) is 6.76. The van der Waals surface area contributed by atoms with Crippen molar-refractivity contribution in [3.05, 3.63) is 33.9 Å². The SMILES string of the molecule is CCCCN(CCO)Cc1ccc(OC)c([N+](=O)[O-])c1. The van der Waals surface area contributed by atoms with E-state index in [-0.39, 0.29) is 18.0 Å². The Kier molecular flexibility index (Phi) is 6.97. The van der Waals surface area contributed by atoms with Crippen molar-refractivity contribution in [1.29, 1.82) is 0 Å². The smallest absolute Gasteiger partial charge is 0.311 e. The number of rotatable bonds is 9. The van der Waals surface area contributed by atoms with E-state index < -0.39 is 4.92 Å². The minimum Gasteiger partial charge on any atom is -0.490 e. The monoisotopic (exact) mass is 282 g/mol. The second-order valence-electron chi connectivity index (χ2n) is 4.62. The Balaban J connectivity index is 2.84. The number of aliphatic hydroxyl groups is 1. The number of ether oxygens (including phenoxy) is 1. The van der Waals surface area contributed by atoms with Crippen LogP contribution in [-0.2, 0) is 6.54 Å². The lowest BCUT2D eigenvalue weighted by atomic mass is 10.1. The molecule has 0 aliphatic rings. The van der Waals surface area contributed by atoms with Crippen LogP contribution in [0.3, 0.4) is 0 Å². The van der Waals surface area contributed by atoms with Gasteiger partial charge < -0.3 is 9.84 Å². The van der Waals surface area contributed by atoms with Gasteiger partial charge in [0.25, 0.3) is 0 Å². The van der Waals surface area contributed by atoms with Gasteiger partial charge in [-0.05, 0) is 24.6 Å². The molecule has 0 saturated carbocycles. The van der Waals surface area contributed by atoms with Crippen LogP contribution in [0.1, 0.15) is 25.3 Å². The highest BCUT2D eigenvalue weighted by Crippen LogP contribution is 2.27. The largest absolute Gasteiger partial charge is 0.490 e. The van der Waals surface area contributed by atoms with Crippen molar-refractivity contribution >= 4 is 5.69 Å². The van der Waals surface area contributed by atoms with Crippen molar-refractivity contribution in [2.45, 2.75) is 26.3 Å². The summed E-state index contributed by atoms with van der Waals surface area (Å²) in [6.45, 7) is 4.22. The standard InChI is InChI=1S/C14H22N2O4/c1-3-4-7-15(8-9-17)11-12-5-6-14(20-2)13(10-12)16(18)19/h5-6,10,17H,3-4,7-9,11H2,1-2H3. The summed E-state index contributed by atoms with van der Waals surface area (Å²) in [7, 11) is 1.42. The van der Waals surface area contributed by atoms with E-state index in [1.54, 1.807) is 6.07 Å². The third-order valence-corrected chi connectivity index (χ3v) is 3.09. The van der Waals surface area contributed by atoms with Crippen molar-refractivity contribution in [2.24, 2.45) is 0 Å². The molecule has 0 fully saturated rings. The van der Waals surface area contributed by atoms with Gasteiger partial charge in [0, 0.05) is 19.2 Å². The van der Waals surface area contributed by atoms with E-state index >= 15 is 0 Å². The van der Waals surface area contributed by atoms with Gasteiger partial charge in [-0.1, -0.05) is 19.4 Å². The highest BCUT2D eigenvalue weighted by atomic mass is 16.6. The number of nitrogens with zero attached hydrogens (tertiary/aromatic N) is 2. The van der Waals surface area contributed by atoms with Crippen LogP contribution >= 0.6 is 0 Å². The van der Waals surface area contributed by atoms with Gasteiger partial charge in [-0.25, -0.2) is 0 Å². The maximum absolute atomic E-state index is 11.0. The molecule has 1 N–H and O–H groups in total. The molecular formula is C14H22N2O4. The molecule has 20 heavy (non-hydrogen) atoms. The molecule has 0 spiro atoms. The minimum atomic E-state index is -0.440. The molecule has 1 aromatic carbocycles. The van der Waals surface area contributed by atoms with Gasteiger partial charge in [-0.3, -0.25) is 15.0 Å². The molecule has 1 rings (SSSR count). The zero-order valence-electron chi connectivity index (χ0n) is 12.0. The Morgan fingerprint density at radius 1 is 1.40 bits per heavy atom. The summed E-state index contributed by atoms with van der Waals surface area (Å²) >= 11 is 0. The van der Waals surface area contributed by atoms with Crippen molar-refractivity contribution in [3.8, 4) is 5.75 Å². The summed E-state index contributed by atoms with van der Waals surface area (Å²) in [4.78, 5) is 12.6. The van der Waals surface area contributed by atoms with Crippen LogP contribution in [0.4, 0.5) is 5.69 Å². The second kappa shape index (κ2) is 8.50. The van der Waals surface area contributed by atoms with Gasteiger partial charge in [-0.2, -0.15) is 0 Å². The van der Waals surface area contributed by atoms with Crippen LogP contribution in [0.5, 0.6) is 5.75 Å². The van der Waals surface area contributed by atoms with E-state index in [1.807, 2.05) is 6.07 Å². The van der Waals surface area contributed by atoms with Crippen LogP contribution in [-0.4, -0.2) is 41.7 Å². The van der Waals surface area contributed by atoms with E-state index in [1.165, 1.54) is 13.2 Å². The zero-order valence-corrected chi connectivity index (χ0v) is 12.0. The first-order valence-electron chi connectivity index (χ1n) is 6.76. The summed E-state index contributed by atoms with van der Waals surface area (Å²) in [6.07, 6.45) is 2.11. The number of unbranched alkanes of at least 4 members (excludes halogenated alkanes) is 1. The van der Waals surface area contributed by atoms with Gasteiger partial charge in [-0.15, -0.1) is 0 Å². The Morgan fingerprint density at radius 2 is 2.15 bits per heavy atom. The molecule has 112 valence electrons. The predicted octanol–water partition coefficient (Wildman–Crippen LogP) is 2.20. The van der Waals surface area contributed by atoms with E-state index in [4.69, 9.17) is 9.84 Å². The Hall–Kier alpha value is -1.66. The number of methoxy groups -OCH3 is 1. The number of aliphatic hydroxyl groups excluding tert-OH is 1. The normalized spacial score (nSPS) is 10.8. The highest BCUT2D eigenvalue weighted by molar-refractivity contribution is 5.48. The summed E-state index contributed by atoms with van der Waals surface area (Å²) < 4.78 is 4.98. The summed E-state index contributed by atoms with van der Waals surface area (Å²) in [5, 5.41) is 20.1. The molecule has 0 heterocycles. The molecule has 6 nitrogen and oxygen atoms in total. The van der Waals surface area contributed by atoms with Gasteiger partial charge in [0.1, 0.15) is 0 Å². The lowest BCUT2D eigenvalue weighted by Crippen LogP contribution is -2.27. The predicted molar refractivity (Wildman–Crippen MR) is 76.9 cm³/mol. The summed E-state index contributed by atoms with van der Waals surface area (Å²) in [5.41, 5.74) is 0.825. The zero-order chi connectivity index (χ0) is 15.0. The van der Waals surface area contributed by atoms with Crippen LogP contribution in [0.2, 0.25) is 0 Å². The van der Waals surface area contributed by atoms with Crippen LogP contribution in [0.25, 0.3) is 0 Å². The van der Waals surface area contributed by atoms with Gasteiger partial charge in [0.05, 0.1) is 18.6 Å². The van der Waals surface area contributed by atoms with Crippen molar-refractivity contribution < 1.29 is 14.8 Å². The second-order valence-corrected chi connectivity index (χ2v) is 4.62. The van der Waals surface area contributed by atoms with Gasteiger partial charge in [0.2, 0.25) is 0 Å². The first kappa shape index (κ1) is 16.4. The molecule has 6 heteroatoms. The molecular weight excluding hydrogens is 260 g/mol. The number of nitro groups is 1. The topological polar surface area (TPSA) is 75.8 Å². The van der Waals surface area contributed by atoms with Crippen LogP contribution in [0.15, 0.2) is 18.2 Å². The number of hydrogen-bond acceptors (Lipinski definition) is 5. The molecule has 0 amide bonds. The average Bonchev–Trinajstić information content (AvgIpc) is 2.44. The molecule has 1 aromatic rings. The molecule has 0 radical (unpaired) electrons. The quantitative estimate of drug-likeness (QED) is 0.555. The van der Waals surface area contributed by atoms with Gasteiger partial charge >= 0.3 is 5.69 Å². The number of hydrogen-bond donors (Lipinski definition) is 1. The molecule has 0 aromatic heterocycles. The van der Waals surface area contributed by atoms with E-state index in [2.05, 4.69) is 11.8 Å². The lowest BCUT2D eigenvalue weighted by molar-refractivity contribution is -0.385. The van der Waals surface area contributed by atoms with Gasteiger partial charge in [0.15, 0.2) is 5.75 Å². The number of benzene rings is 1. The average molecular weight is 282 g/mol. The minimum absolute atomic E-state index is 0.0237. The molecule has 0 aliphatic heterocycles. The molecule has 0 atom stereocenters. The first-order chi connectivity index (χ1) is 9.62. The maximum atomic E-state index is 11.0. The highest BCUT2D eigenvalue weighted by Gasteiger charge is 2.16.